The van der Waals surface area contributed by atoms with Crippen molar-refractivity contribution in [1.82, 2.24) is 5.32 Å². The first-order chi connectivity index (χ1) is 7.74. The van der Waals surface area contributed by atoms with Crippen molar-refractivity contribution >= 4 is 5.91 Å². The number of hydrogen-bond donors (Lipinski definition) is 2. The molecule has 0 rings (SSSR count). The van der Waals surface area contributed by atoms with Gasteiger partial charge in [-0.25, -0.2) is 0 Å². The zero-order valence-corrected chi connectivity index (χ0v) is 10.2. The number of nitrogens with one attached hydrogen (secondary N) is 1. The summed E-state index contributed by atoms with van der Waals surface area (Å²) in [5, 5.41) is 2.81. The fourth-order valence-electron chi connectivity index (χ4n) is 1.26. The molecule has 0 aliphatic rings. The normalized spacial score (nSPS) is 12.1. The molecule has 0 radical (unpaired) electrons. The van der Waals surface area contributed by atoms with Crippen molar-refractivity contribution in [3.05, 3.63) is 12.7 Å². The average Bonchev–Trinajstić information content (AvgIpc) is 2.30. The lowest BCUT2D eigenvalue weighted by atomic mass is 10.0. The van der Waals surface area contributed by atoms with E-state index in [0.717, 1.165) is 12.8 Å². The molecule has 16 heavy (non-hydrogen) atoms. The van der Waals surface area contributed by atoms with Crippen molar-refractivity contribution in [2.75, 3.05) is 26.3 Å². The molecule has 0 spiro atoms. The van der Waals surface area contributed by atoms with Crippen molar-refractivity contribution in [1.29, 1.82) is 0 Å². The van der Waals surface area contributed by atoms with E-state index in [0.29, 0.717) is 38.6 Å². The van der Waals surface area contributed by atoms with Gasteiger partial charge in [-0.3, -0.25) is 4.79 Å². The lowest BCUT2D eigenvalue weighted by Crippen LogP contribution is -2.30. The van der Waals surface area contributed by atoms with Crippen LogP contribution in [0.2, 0.25) is 0 Å². The highest BCUT2D eigenvalue weighted by Crippen LogP contribution is 2.04. The second-order valence-electron chi connectivity index (χ2n) is 3.75. The third-order valence-electron chi connectivity index (χ3n) is 2.42. The predicted molar refractivity (Wildman–Crippen MR) is 66.1 cm³/mol. The molecule has 0 saturated heterocycles. The maximum absolute atomic E-state index is 11.4. The summed E-state index contributed by atoms with van der Waals surface area (Å²) >= 11 is 0. The second kappa shape index (κ2) is 10.6. The van der Waals surface area contributed by atoms with Gasteiger partial charge >= 0.3 is 0 Å². The van der Waals surface area contributed by atoms with E-state index in [1.54, 1.807) is 0 Å². The average molecular weight is 228 g/mol. The van der Waals surface area contributed by atoms with Crippen LogP contribution in [0, 0.1) is 5.92 Å². The summed E-state index contributed by atoms with van der Waals surface area (Å²) in [7, 11) is 0. The molecule has 3 N–H and O–H groups in total. The van der Waals surface area contributed by atoms with Gasteiger partial charge in [-0.2, -0.15) is 0 Å². The highest BCUT2D eigenvalue weighted by molar-refractivity contribution is 5.76. The molecule has 94 valence electrons. The lowest BCUT2D eigenvalue weighted by molar-refractivity contribution is -0.122. The summed E-state index contributed by atoms with van der Waals surface area (Å²) in [5.74, 6) is 0.353. The van der Waals surface area contributed by atoms with Crippen LogP contribution in [0.15, 0.2) is 12.7 Å². The lowest BCUT2D eigenvalue weighted by Gasteiger charge is -2.11. The van der Waals surface area contributed by atoms with Gasteiger partial charge in [0.25, 0.3) is 0 Å². The number of hydrogen-bond acceptors (Lipinski definition) is 3. The summed E-state index contributed by atoms with van der Waals surface area (Å²) in [5.41, 5.74) is 5.53. The smallest absolute Gasteiger partial charge is 0.220 e. The van der Waals surface area contributed by atoms with E-state index < -0.39 is 0 Å². The monoisotopic (exact) mass is 228 g/mol. The van der Waals surface area contributed by atoms with Gasteiger partial charge in [-0.1, -0.05) is 19.4 Å². The van der Waals surface area contributed by atoms with Gasteiger partial charge in [-0.05, 0) is 18.9 Å². The first-order valence-corrected chi connectivity index (χ1v) is 5.90. The minimum atomic E-state index is 0.0598. The first-order valence-electron chi connectivity index (χ1n) is 5.90. The van der Waals surface area contributed by atoms with Crippen LogP contribution in [0.5, 0.6) is 0 Å². The molecule has 0 bridgehead atoms. The van der Waals surface area contributed by atoms with Crippen LogP contribution in [-0.2, 0) is 9.53 Å². The van der Waals surface area contributed by atoms with E-state index in [1.165, 1.54) is 0 Å². The largest absolute Gasteiger partial charge is 0.379 e. The van der Waals surface area contributed by atoms with Gasteiger partial charge in [0.05, 0.1) is 13.2 Å². The minimum Gasteiger partial charge on any atom is -0.379 e. The van der Waals surface area contributed by atoms with E-state index in [4.69, 9.17) is 10.5 Å². The predicted octanol–water partition coefficient (Wildman–Crippen LogP) is 1.07. The van der Waals surface area contributed by atoms with Crippen LogP contribution >= 0.6 is 0 Å². The zero-order valence-electron chi connectivity index (χ0n) is 10.2. The summed E-state index contributed by atoms with van der Waals surface area (Å²) in [6.07, 6.45) is 4.12. The first kappa shape index (κ1) is 15.1. The minimum absolute atomic E-state index is 0.0598. The van der Waals surface area contributed by atoms with E-state index in [9.17, 15) is 4.79 Å². The molecular formula is C12H24N2O2. The Balaban J connectivity index is 3.39. The highest BCUT2D eigenvalue weighted by Gasteiger charge is 2.09. The molecule has 0 aromatic carbocycles. The standard InChI is InChI=1S/C12H24N2O2/c1-3-5-7-16-8-6-14-12(15)9-11(4-2)10-13/h3,11H,1,4-10,13H2,2H3,(H,14,15). The summed E-state index contributed by atoms with van der Waals surface area (Å²) in [6.45, 7) is 8.00. The Bertz CT molecular complexity index is 191. The summed E-state index contributed by atoms with van der Waals surface area (Å²) < 4.78 is 5.27. The number of rotatable bonds is 10. The second-order valence-corrected chi connectivity index (χ2v) is 3.75. The van der Waals surface area contributed by atoms with Crippen LogP contribution in [0.3, 0.4) is 0 Å². The molecule has 0 heterocycles. The van der Waals surface area contributed by atoms with Crippen molar-refractivity contribution in [3.63, 3.8) is 0 Å². The molecular weight excluding hydrogens is 204 g/mol. The molecule has 0 fully saturated rings. The van der Waals surface area contributed by atoms with Crippen LogP contribution in [0.25, 0.3) is 0 Å². The van der Waals surface area contributed by atoms with Gasteiger partial charge in [-0.15, -0.1) is 6.58 Å². The van der Waals surface area contributed by atoms with Gasteiger partial charge < -0.3 is 15.8 Å². The number of nitrogens with two attached hydrogens (primary N) is 1. The van der Waals surface area contributed by atoms with E-state index >= 15 is 0 Å². The molecule has 1 atom stereocenters. The van der Waals surface area contributed by atoms with Crippen LogP contribution < -0.4 is 11.1 Å². The topological polar surface area (TPSA) is 64.3 Å². The van der Waals surface area contributed by atoms with E-state index in [1.807, 2.05) is 13.0 Å². The molecule has 0 saturated carbocycles. The Morgan fingerprint density at radius 3 is 2.88 bits per heavy atom. The third-order valence-corrected chi connectivity index (χ3v) is 2.42. The van der Waals surface area contributed by atoms with Crippen molar-refractivity contribution in [3.8, 4) is 0 Å². The maximum atomic E-state index is 11.4. The Hall–Kier alpha value is -0.870. The van der Waals surface area contributed by atoms with Gasteiger partial charge in [0.2, 0.25) is 5.91 Å². The fourth-order valence-corrected chi connectivity index (χ4v) is 1.26. The molecule has 1 unspecified atom stereocenters. The van der Waals surface area contributed by atoms with E-state index in [2.05, 4.69) is 11.9 Å². The molecule has 0 aliphatic heterocycles. The summed E-state index contributed by atoms with van der Waals surface area (Å²) in [6, 6.07) is 0. The number of carbonyl (C=O) groups excluding carboxylic acids is 1. The fraction of sp³-hybridized carbons (Fsp3) is 0.750. The number of amides is 1. The van der Waals surface area contributed by atoms with Crippen molar-refractivity contribution in [2.24, 2.45) is 11.7 Å². The third kappa shape index (κ3) is 8.44. The van der Waals surface area contributed by atoms with Gasteiger partial charge in [0.15, 0.2) is 0 Å². The van der Waals surface area contributed by atoms with Crippen LogP contribution in [0.4, 0.5) is 0 Å². The Kier molecular flexibility index (Phi) is 10.1. The Morgan fingerprint density at radius 2 is 2.31 bits per heavy atom. The quantitative estimate of drug-likeness (QED) is 0.434. The van der Waals surface area contributed by atoms with Crippen molar-refractivity contribution in [2.45, 2.75) is 26.2 Å². The molecule has 0 aliphatic carbocycles. The van der Waals surface area contributed by atoms with Gasteiger partial charge in [0.1, 0.15) is 0 Å². The van der Waals surface area contributed by atoms with Crippen LogP contribution in [-0.4, -0.2) is 32.2 Å². The molecule has 0 aromatic heterocycles. The Labute approximate surface area is 98.2 Å². The Morgan fingerprint density at radius 1 is 1.56 bits per heavy atom. The molecule has 0 aromatic rings. The zero-order chi connectivity index (χ0) is 12.2. The van der Waals surface area contributed by atoms with Crippen LogP contribution in [0.1, 0.15) is 26.2 Å². The molecule has 4 nitrogen and oxygen atoms in total. The maximum Gasteiger partial charge on any atom is 0.220 e. The van der Waals surface area contributed by atoms with E-state index in [-0.39, 0.29) is 5.91 Å². The molecule has 1 amide bonds. The summed E-state index contributed by atoms with van der Waals surface area (Å²) in [4.78, 5) is 11.4. The van der Waals surface area contributed by atoms with Gasteiger partial charge in [0, 0.05) is 13.0 Å². The van der Waals surface area contributed by atoms with Crippen molar-refractivity contribution < 1.29 is 9.53 Å². The SMILES string of the molecule is C=CCCOCCNC(=O)CC(CC)CN. The number of ether oxygens (including phenoxy) is 1. The molecule has 4 heteroatoms. The number of carbonyl (C=O) groups is 1. The highest BCUT2D eigenvalue weighted by atomic mass is 16.5.